The molecule has 5 aliphatic rings. The first kappa shape index (κ1) is 11.3. The number of nitrogens with zero attached hydrogens (tertiary/aromatic N) is 1. The molecule has 18 heavy (non-hydrogen) atoms. The van der Waals surface area contributed by atoms with Crippen molar-refractivity contribution in [3.8, 4) is 6.07 Å². The molecule has 5 rings (SSSR count). The van der Waals surface area contributed by atoms with Gasteiger partial charge in [0.25, 0.3) is 0 Å². The molecule has 2 nitrogen and oxygen atoms in total. The summed E-state index contributed by atoms with van der Waals surface area (Å²) in [6, 6.07) is 3.24. The van der Waals surface area contributed by atoms with E-state index in [0.717, 1.165) is 23.7 Å². The van der Waals surface area contributed by atoms with Crippen molar-refractivity contribution in [3.05, 3.63) is 0 Å². The van der Waals surface area contributed by atoms with Crippen molar-refractivity contribution in [3.63, 3.8) is 0 Å². The van der Waals surface area contributed by atoms with Crippen molar-refractivity contribution < 1.29 is 0 Å². The van der Waals surface area contributed by atoms with Crippen LogP contribution in [-0.4, -0.2) is 11.6 Å². The first-order valence-electron chi connectivity index (χ1n) is 7.87. The summed E-state index contributed by atoms with van der Waals surface area (Å²) < 4.78 is 0. The van der Waals surface area contributed by atoms with Gasteiger partial charge >= 0.3 is 0 Å². The SMILES string of the molecule is CC(C#N)(NC1C2CC3CC(C2)CC1C3)C1CC1. The van der Waals surface area contributed by atoms with Crippen LogP contribution in [0, 0.1) is 40.9 Å². The molecule has 0 radical (unpaired) electrons. The summed E-state index contributed by atoms with van der Waals surface area (Å²) in [6.07, 6.45) is 9.79. The van der Waals surface area contributed by atoms with Gasteiger partial charge in [0, 0.05) is 6.04 Å². The van der Waals surface area contributed by atoms with Crippen LogP contribution in [0.4, 0.5) is 0 Å². The summed E-state index contributed by atoms with van der Waals surface area (Å²) in [4.78, 5) is 0. The molecule has 0 spiro atoms. The van der Waals surface area contributed by atoms with Crippen LogP contribution in [0.25, 0.3) is 0 Å². The Bertz CT molecular complexity index is 364. The first-order valence-corrected chi connectivity index (χ1v) is 7.87. The summed E-state index contributed by atoms with van der Waals surface area (Å²) in [5.41, 5.74) is -0.236. The molecule has 2 heteroatoms. The lowest BCUT2D eigenvalue weighted by atomic mass is 9.54. The Balaban J connectivity index is 1.53. The maximum Gasteiger partial charge on any atom is 0.106 e. The molecule has 0 aromatic rings. The van der Waals surface area contributed by atoms with Crippen molar-refractivity contribution in [2.24, 2.45) is 29.6 Å². The molecule has 1 atom stereocenters. The van der Waals surface area contributed by atoms with Crippen LogP contribution < -0.4 is 5.32 Å². The van der Waals surface area contributed by atoms with Crippen molar-refractivity contribution in [2.45, 2.75) is 63.5 Å². The molecule has 0 amide bonds. The minimum atomic E-state index is -0.236. The van der Waals surface area contributed by atoms with E-state index in [1.54, 1.807) is 0 Å². The van der Waals surface area contributed by atoms with Crippen molar-refractivity contribution >= 4 is 0 Å². The molecule has 0 heterocycles. The predicted molar refractivity (Wildman–Crippen MR) is 70.7 cm³/mol. The Morgan fingerprint density at radius 2 is 1.56 bits per heavy atom. The summed E-state index contributed by atoms with van der Waals surface area (Å²) in [7, 11) is 0. The van der Waals surface area contributed by atoms with Crippen LogP contribution in [-0.2, 0) is 0 Å². The molecule has 0 saturated heterocycles. The van der Waals surface area contributed by atoms with E-state index in [4.69, 9.17) is 0 Å². The van der Waals surface area contributed by atoms with Gasteiger partial charge in [-0.15, -0.1) is 0 Å². The molecule has 98 valence electrons. The van der Waals surface area contributed by atoms with Crippen LogP contribution >= 0.6 is 0 Å². The highest BCUT2D eigenvalue weighted by atomic mass is 15.0. The highest BCUT2D eigenvalue weighted by Gasteiger charge is 2.51. The topological polar surface area (TPSA) is 35.8 Å². The third-order valence-corrected chi connectivity index (χ3v) is 6.32. The molecule has 0 aliphatic heterocycles. The molecule has 5 aliphatic carbocycles. The van der Waals surface area contributed by atoms with E-state index < -0.39 is 0 Å². The lowest BCUT2D eigenvalue weighted by Gasteiger charge is -2.55. The van der Waals surface area contributed by atoms with Gasteiger partial charge in [-0.25, -0.2) is 0 Å². The second-order valence-electron chi connectivity index (χ2n) is 7.69. The lowest BCUT2D eigenvalue weighted by Crippen LogP contribution is -2.60. The van der Waals surface area contributed by atoms with Crippen LogP contribution in [0.5, 0.6) is 0 Å². The molecule has 5 saturated carbocycles. The third kappa shape index (κ3) is 1.63. The molecular formula is C16H24N2. The summed E-state index contributed by atoms with van der Waals surface area (Å²) in [5, 5.41) is 13.4. The maximum atomic E-state index is 9.54. The van der Waals surface area contributed by atoms with Gasteiger partial charge in [0.1, 0.15) is 5.54 Å². The standard InChI is InChI=1S/C16H24N2/c1-16(9-17,14-2-3-14)18-15-12-5-10-4-11(7-12)8-13(15)6-10/h10-15,18H,2-8H2,1H3. The fourth-order valence-corrected chi connectivity index (χ4v) is 5.41. The number of hydrogen-bond donors (Lipinski definition) is 1. The van der Waals surface area contributed by atoms with Gasteiger partial charge in [-0.05, 0) is 81.5 Å². The number of nitriles is 1. The second kappa shape index (κ2) is 3.73. The van der Waals surface area contributed by atoms with Crippen molar-refractivity contribution in [1.82, 2.24) is 5.32 Å². The van der Waals surface area contributed by atoms with Crippen molar-refractivity contribution in [1.29, 1.82) is 5.26 Å². The van der Waals surface area contributed by atoms with E-state index in [1.807, 2.05) is 0 Å². The zero-order valence-corrected chi connectivity index (χ0v) is 11.4. The Morgan fingerprint density at radius 1 is 1.00 bits per heavy atom. The lowest BCUT2D eigenvalue weighted by molar-refractivity contribution is -0.0219. The molecule has 1 N–H and O–H groups in total. The second-order valence-corrected chi connectivity index (χ2v) is 7.69. The van der Waals surface area contributed by atoms with E-state index in [1.165, 1.54) is 44.9 Å². The van der Waals surface area contributed by atoms with Gasteiger partial charge < -0.3 is 0 Å². The fourth-order valence-electron chi connectivity index (χ4n) is 5.41. The Morgan fingerprint density at radius 3 is 2.00 bits per heavy atom. The van der Waals surface area contributed by atoms with Crippen LogP contribution in [0.2, 0.25) is 0 Å². The quantitative estimate of drug-likeness (QED) is 0.828. The Hall–Kier alpha value is -0.550. The fraction of sp³-hybridized carbons (Fsp3) is 0.938. The smallest absolute Gasteiger partial charge is 0.106 e. The maximum absolute atomic E-state index is 9.54. The number of rotatable bonds is 3. The minimum Gasteiger partial charge on any atom is -0.296 e. The Labute approximate surface area is 110 Å². The van der Waals surface area contributed by atoms with E-state index in [9.17, 15) is 5.26 Å². The average Bonchev–Trinajstić information content (AvgIpc) is 3.17. The first-order chi connectivity index (χ1) is 8.68. The zero-order chi connectivity index (χ0) is 12.3. The summed E-state index contributed by atoms with van der Waals surface area (Å²) in [5.74, 6) is 4.44. The van der Waals surface area contributed by atoms with E-state index in [0.29, 0.717) is 12.0 Å². The molecule has 0 aromatic carbocycles. The molecule has 4 bridgehead atoms. The summed E-state index contributed by atoms with van der Waals surface area (Å²) >= 11 is 0. The van der Waals surface area contributed by atoms with E-state index in [-0.39, 0.29) is 5.54 Å². The molecule has 5 fully saturated rings. The largest absolute Gasteiger partial charge is 0.296 e. The molecule has 1 unspecified atom stereocenters. The summed E-state index contributed by atoms with van der Waals surface area (Å²) in [6.45, 7) is 2.15. The minimum absolute atomic E-state index is 0.236. The molecular weight excluding hydrogens is 220 g/mol. The van der Waals surface area contributed by atoms with E-state index in [2.05, 4.69) is 18.3 Å². The predicted octanol–water partition coefficient (Wildman–Crippen LogP) is 3.09. The normalized spacial score (nSPS) is 48.8. The van der Waals surface area contributed by atoms with Gasteiger partial charge in [0.05, 0.1) is 6.07 Å². The van der Waals surface area contributed by atoms with Gasteiger partial charge in [-0.3, -0.25) is 5.32 Å². The highest BCUT2D eigenvalue weighted by molar-refractivity contribution is 5.15. The highest BCUT2D eigenvalue weighted by Crippen LogP contribution is 2.54. The zero-order valence-electron chi connectivity index (χ0n) is 11.4. The van der Waals surface area contributed by atoms with Crippen molar-refractivity contribution in [2.75, 3.05) is 0 Å². The van der Waals surface area contributed by atoms with Gasteiger partial charge in [-0.2, -0.15) is 5.26 Å². The van der Waals surface area contributed by atoms with Gasteiger partial charge in [-0.1, -0.05) is 0 Å². The van der Waals surface area contributed by atoms with Crippen LogP contribution in [0.3, 0.4) is 0 Å². The number of nitrogens with one attached hydrogen (secondary N) is 1. The van der Waals surface area contributed by atoms with Gasteiger partial charge in [0.2, 0.25) is 0 Å². The molecule has 0 aromatic heterocycles. The van der Waals surface area contributed by atoms with Crippen LogP contribution in [0.15, 0.2) is 0 Å². The third-order valence-electron chi connectivity index (χ3n) is 6.32. The monoisotopic (exact) mass is 244 g/mol. The average molecular weight is 244 g/mol. The number of hydrogen-bond acceptors (Lipinski definition) is 2. The van der Waals surface area contributed by atoms with E-state index >= 15 is 0 Å². The Kier molecular flexibility index (Phi) is 2.34. The van der Waals surface area contributed by atoms with Crippen LogP contribution in [0.1, 0.15) is 51.9 Å². The van der Waals surface area contributed by atoms with Gasteiger partial charge in [0.15, 0.2) is 0 Å².